The molecule has 1 N–H and O–H groups in total. The molecule has 0 aliphatic carbocycles. The van der Waals surface area contributed by atoms with E-state index in [4.69, 9.17) is 4.74 Å². The fraction of sp³-hybridized carbons (Fsp3) is 0.950. The standard InChI is InChI=1S/C20H39NO3/c1-7-9-10-11-12-13-16(8-2)18(22)24-17-14-19(3,4)21(23)20(5,6)15-17/h16-17,23H,7-15H2,1-6H3. The third-order valence-corrected chi connectivity index (χ3v) is 5.37. The van der Waals surface area contributed by atoms with Crippen molar-refractivity contribution in [3.05, 3.63) is 0 Å². The molecule has 1 saturated heterocycles. The molecular weight excluding hydrogens is 302 g/mol. The molecule has 1 atom stereocenters. The summed E-state index contributed by atoms with van der Waals surface area (Å²) in [5.41, 5.74) is -0.761. The van der Waals surface area contributed by atoms with Gasteiger partial charge in [-0.2, -0.15) is 5.06 Å². The summed E-state index contributed by atoms with van der Waals surface area (Å²) in [6, 6.07) is 0. The highest BCUT2D eigenvalue weighted by Gasteiger charge is 2.46. The number of nitrogens with zero attached hydrogens (tertiary/aromatic N) is 1. The molecule has 1 rings (SSSR count). The van der Waals surface area contributed by atoms with Gasteiger partial charge in [-0.05, 0) is 40.5 Å². The number of ether oxygens (including phenoxy) is 1. The van der Waals surface area contributed by atoms with Crippen molar-refractivity contribution in [2.75, 3.05) is 0 Å². The molecule has 24 heavy (non-hydrogen) atoms. The van der Waals surface area contributed by atoms with E-state index >= 15 is 0 Å². The highest BCUT2D eigenvalue weighted by Crippen LogP contribution is 2.38. The number of hydroxylamine groups is 2. The molecule has 0 amide bonds. The van der Waals surface area contributed by atoms with E-state index in [-0.39, 0.29) is 29.1 Å². The van der Waals surface area contributed by atoms with E-state index in [1.807, 2.05) is 27.7 Å². The monoisotopic (exact) mass is 341 g/mol. The number of carbonyl (C=O) groups excluding carboxylic acids is 1. The molecule has 0 spiro atoms. The van der Waals surface area contributed by atoms with Gasteiger partial charge in [0.25, 0.3) is 0 Å². The van der Waals surface area contributed by atoms with Gasteiger partial charge in [-0.3, -0.25) is 4.79 Å². The molecule has 1 heterocycles. The minimum Gasteiger partial charge on any atom is -0.462 e. The maximum Gasteiger partial charge on any atom is 0.309 e. The largest absolute Gasteiger partial charge is 0.462 e. The van der Waals surface area contributed by atoms with Gasteiger partial charge in [0, 0.05) is 23.9 Å². The van der Waals surface area contributed by atoms with Crippen molar-refractivity contribution in [3.63, 3.8) is 0 Å². The molecule has 0 radical (unpaired) electrons. The Morgan fingerprint density at radius 2 is 1.62 bits per heavy atom. The van der Waals surface area contributed by atoms with Gasteiger partial charge in [0.2, 0.25) is 0 Å². The van der Waals surface area contributed by atoms with Crippen molar-refractivity contribution in [3.8, 4) is 0 Å². The normalized spacial score (nSPS) is 22.3. The molecule has 1 aliphatic rings. The zero-order valence-corrected chi connectivity index (χ0v) is 16.7. The molecule has 4 nitrogen and oxygen atoms in total. The van der Waals surface area contributed by atoms with Gasteiger partial charge < -0.3 is 9.94 Å². The summed E-state index contributed by atoms with van der Waals surface area (Å²) in [5, 5.41) is 11.8. The molecule has 4 heteroatoms. The van der Waals surface area contributed by atoms with E-state index in [1.165, 1.54) is 30.7 Å². The van der Waals surface area contributed by atoms with Gasteiger partial charge in [0.05, 0.1) is 5.92 Å². The number of piperidine rings is 1. The van der Waals surface area contributed by atoms with Crippen molar-refractivity contribution in [2.24, 2.45) is 5.92 Å². The van der Waals surface area contributed by atoms with Crippen molar-refractivity contribution in [2.45, 2.75) is 117 Å². The Hall–Kier alpha value is -0.610. The maximum absolute atomic E-state index is 12.6. The Morgan fingerprint density at radius 3 is 2.12 bits per heavy atom. The van der Waals surface area contributed by atoms with Crippen molar-refractivity contribution in [1.82, 2.24) is 5.06 Å². The fourth-order valence-corrected chi connectivity index (χ4v) is 4.01. The van der Waals surface area contributed by atoms with Crippen LogP contribution in [0.3, 0.4) is 0 Å². The first kappa shape index (κ1) is 21.4. The molecule has 1 fully saturated rings. The SMILES string of the molecule is CCCCCCCC(CC)C(=O)OC1CC(C)(C)N(O)C(C)(C)C1. The zero-order chi connectivity index (χ0) is 18.4. The summed E-state index contributed by atoms with van der Waals surface area (Å²) in [7, 11) is 0. The number of esters is 1. The van der Waals surface area contributed by atoms with Crippen molar-refractivity contribution < 1.29 is 14.7 Å². The molecule has 0 saturated carbocycles. The van der Waals surface area contributed by atoms with E-state index in [0.29, 0.717) is 12.8 Å². The Balaban J connectivity index is 2.52. The van der Waals surface area contributed by atoms with Crippen LogP contribution in [0, 0.1) is 5.92 Å². The van der Waals surface area contributed by atoms with Crippen LogP contribution in [0.15, 0.2) is 0 Å². The number of rotatable bonds is 9. The summed E-state index contributed by atoms with van der Waals surface area (Å²) in [4.78, 5) is 12.6. The lowest BCUT2D eigenvalue weighted by Gasteiger charge is -2.51. The maximum atomic E-state index is 12.6. The van der Waals surface area contributed by atoms with E-state index in [1.54, 1.807) is 0 Å². The first-order valence-electron chi connectivity index (χ1n) is 9.83. The van der Waals surface area contributed by atoms with E-state index in [0.717, 1.165) is 19.3 Å². The van der Waals surface area contributed by atoms with Gasteiger partial charge in [-0.25, -0.2) is 0 Å². The average molecular weight is 342 g/mol. The van der Waals surface area contributed by atoms with Gasteiger partial charge in [0.15, 0.2) is 0 Å². The van der Waals surface area contributed by atoms with Crippen LogP contribution in [-0.4, -0.2) is 33.4 Å². The lowest BCUT2D eigenvalue weighted by atomic mass is 9.80. The number of hydrogen-bond acceptors (Lipinski definition) is 4. The lowest BCUT2D eigenvalue weighted by molar-refractivity contribution is -0.260. The third-order valence-electron chi connectivity index (χ3n) is 5.37. The molecule has 0 aromatic carbocycles. The summed E-state index contributed by atoms with van der Waals surface area (Å²) < 4.78 is 5.87. The average Bonchev–Trinajstić information content (AvgIpc) is 2.47. The van der Waals surface area contributed by atoms with Gasteiger partial charge in [-0.15, -0.1) is 0 Å². The molecule has 0 bridgehead atoms. The Bertz CT molecular complexity index is 374. The first-order chi connectivity index (χ1) is 11.1. The quantitative estimate of drug-likeness (QED) is 0.455. The molecule has 0 aromatic rings. The molecule has 142 valence electrons. The molecule has 1 aliphatic heterocycles. The van der Waals surface area contributed by atoms with Gasteiger partial charge in [0.1, 0.15) is 6.10 Å². The third kappa shape index (κ3) is 6.03. The first-order valence-corrected chi connectivity index (χ1v) is 9.83. The second kappa shape index (κ2) is 9.19. The highest BCUT2D eigenvalue weighted by atomic mass is 16.5. The minimum absolute atomic E-state index is 0.0185. The summed E-state index contributed by atoms with van der Waals surface area (Å²) in [6.07, 6.45) is 9.12. The van der Waals surface area contributed by atoms with Crippen LogP contribution in [0.5, 0.6) is 0 Å². The Kier molecular flexibility index (Phi) is 8.21. The summed E-state index contributed by atoms with van der Waals surface area (Å²) in [6.45, 7) is 12.3. The van der Waals surface area contributed by atoms with Crippen LogP contribution >= 0.6 is 0 Å². The predicted octanol–water partition coefficient (Wildman–Crippen LogP) is 5.33. The number of carbonyl (C=O) groups is 1. The second-order valence-electron chi connectivity index (χ2n) is 8.71. The molecular formula is C20H39NO3. The van der Waals surface area contributed by atoms with Crippen molar-refractivity contribution in [1.29, 1.82) is 0 Å². The zero-order valence-electron chi connectivity index (χ0n) is 16.7. The van der Waals surface area contributed by atoms with Crippen LogP contribution in [0.2, 0.25) is 0 Å². The lowest BCUT2D eigenvalue weighted by Crippen LogP contribution is -2.60. The second-order valence-corrected chi connectivity index (χ2v) is 8.71. The number of unbranched alkanes of at least 4 members (excludes halogenated alkanes) is 4. The summed E-state index contributed by atoms with van der Waals surface area (Å²) in [5.74, 6) is -0.0269. The van der Waals surface area contributed by atoms with Crippen LogP contribution in [0.25, 0.3) is 0 Å². The topological polar surface area (TPSA) is 49.8 Å². The molecule has 0 aromatic heterocycles. The van der Waals surface area contributed by atoms with Crippen LogP contribution in [-0.2, 0) is 9.53 Å². The highest BCUT2D eigenvalue weighted by molar-refractivity contribution is 5.72. The Morgan fingerprint density at radius 1 is 1.08 bits per heavy atom. The van der Waals surface area contributed by atoms with Crippen LogP contribution in [0.4, 0.5) is 0 Å². The van der Waals surface area contributed by atoms with Gasteiger partial charge in [-0.1, -0.05) is 46.0 Å². The predicted molar refractivity (Wildman–Crippen MR) is 98.1 cm³/mol. The number of hydrogen-bond donors (Lipinski definition) is 1. The Labute approximate surface area is 148 Å². The smallest absolute Gasteiger partial charge is 0.309 e. The summed E-state index contributed by atoms with van der Waals surface area (Å²) >= 11 is 0. The van der Waals surface area contributed by atoms with Crippen molar-refractivity contribution >= 4 is 5.97 Å². The molecule has 1 unspecified atom stereocenters. The fourth-order valence-electron chi connectivity index (χ4n) is 4.01. The van der Waals surface area contributed by atoms with Gasteiger partial charge >= 0.3 is 5.97 Å². The van der Waals surface area contributed by atoms with E-state index < -0.39 is 0 Å². The minimum atomic E-state index is -0.380. The van der Waals surface area contributed by atoms with E-state index in [9.17, 15) is 10.0 Å². The van der Waals surface area contributed by atoms with E-state index in [2.05, 4.69) is 13.8 Å². The van der Waals surface area contributed by atoms with Crippen LogP contribution < -0.4 is 0 Å². The van der Waals surface area contributed by atoms with Crippen LogP contribution in [0.1, 0.15) is 99.3 Å².